The van der Waals surface area contributed by atoms with Gasteiger partial charge >= 0.3 is 0 Å². The van der Waals surface area contributed by atoms with E-state index in [-0.39, 0.29) is 5.91 Å². The first-order valence-corrected chi connectivity index (χ1v) is 14.4. The molecule has 1 aliphatic heterocycles. The van der Waals surface area contributed by atoms with Crippen LogP contribution in [-0.2, 0) is 0 Å². The fourth-order valence-corrected chi connectivity index (χ4v) is 5.23. The first kappa shape index (κ1) is 27.7. The summed E-state index contributed by atoms with van der Waals surface area (Å²) >= 11 is 0. The van der Waals surface area contributed by atoms with Crippen molar-refractivity contribution in [2.45, 2.75) is 0 Å². The highest BCUT2D eigenvalue weighted by Crippen LogP contribution is 2.30. The van der Waals surface area contributed by atoms with E-state index in [9.17, 15) is 4.79 Å². The third kappa shape index (κ3) is 6.57. The van der Waals surface area contributed by atoms with Crippen LogP contribution in [0.4, 0.5) is 22.9 Å². The van der Waals surface area contributed by atoms with E-state index >= 15 is 0 Å². The van der Waals surface area contributed by atoms with Crippen molar-refractivity contribution < 1.29 is 9.53 Å². The summed E-state index contributed by atoms with van der Waals surface area (Å²) in [7, 11) is 1.64. The minimum atomic E-state index is -0.117. The molecule has 1 aliphatic rings. The number of pyridine rings is 1. The van der Waals surface area contributed by atoms with Gasteiger partial charge in [-0.3, -0.25) is 4.79 Å². The maximum Gasteiger partial charge on any atom is 0.272 e. The number of methoxy groups -OCH3 is 1. The number of rotatable bonds is 8. The summed E-state index contributed by atoms with van der Waals surface area (Å²) in [6.45, 7) is 2.73. The lowest BCUT2D eigenvalue weighted by molar-refractivity contribution is 0.0741. The minimum absolute atomic E-state index is 0.117. The molecule has 0 unspecified atom stereocenters. The Bertz CT molecular complexity index is 1660. The molecule has 4 aromatic carbocycles. The number of aromatic nitrogens is 1. The minimum Gasteiger partial charge on any atom is -0.495 e. The standard InChI is InChI=1S/C36H33N5O2/c1-43-33-20-12-11-19-31(33)37-29-25-32(36(42)41-23-21-40(22-24-41)30-17-9-4-10-18-30)38-34(26-29)39-35(27-13-5-2-6-14-27)28-15-7-3-8-16-28/h2-20,25-26H,21-24H2,1H3,(H,37,38). The van der Waals surface area contributed by atoms with Gasteiger partial charge in [0.2, 0.25) is 0 Å². The Balaban J connectivity index is 1.36. The highest BCUT2D eigenvalue weighted by atomic mass is 16.5. The van der Waals surface area contributed by atoms with Crippen LogP contribution >= 0.6 is 0 Å². The Morgan fingerprint density at radius 2 is 1.33 bits per heavy atom. The largest absolute Gasteiger partial charge is 0.495 e. The maximum absolute atomic E-state index is 13.9. The SMILES string of the molecule is COc1ccccc1Nc1cc(N=C(c2ccccc2)c2ccccc2)nc(C(=O)N2CCN(c3ccccc3)CC2)c1. The molecule has 0 spiro atoms. The summed E-state index contributed by atoms with van der Waals surface area (Å²) in [6.07, 6.45) is 0. The van der Waals surface area contributed by atoms with E-state index in [0.29, 0.717) is 36.0 Å². The molecular formula is C36H33N5O2. The van der Waals surface area contributed by atoms with Crippen LogP contribution in [0.15, 0.2) is 132 Å². The third-order valence-corrected chi connectivity index (χ3v) is 7.43. The lowest BCUT2D eigenvalue weighted by atomic mass is 10.0. The molecule has 0 saturated carbocycles. The van der Waals surface area contributed by atoms with E-state index in [1.165, 1.54) is 5.69 Å². The summed E-state index contributed by atoms with van der Waals surface area (Å²) < 4.78 is 5.56. The summed E-state index contributed by atoms with van der Waals surface area (Å²) in [6, 6.07) is 41.7. The van der Waals surface area contributed by atoms with E-state index in [0.717, 1.165) is 35.6 Å². The maximum atomic E-state index is 13.9. The van der Waals surface area contributed by atoms with Crippen molar-refractivity contribution in [2.24, 2.45) is 4.99 Å². The topological polar surface area (TPSA) is 70.1 Å². The highest BCUT2D eigenvalue weighted by Gasteiger charge is 2.24. The lowest BCUT2D eigenvalue weighted by Crippen LogP contribution is -2.49. The molecular weight excluding hydrogens is 534 g/mol. The van der Waals surface area contributed by atoms with Crippen molar-refractivity contribution in [1.29, 1.82) is 0 Å². The van der Waals surface area contributed by atoms with E-state index < -0.39 is 0 Å². The van der Waals surface area contributed by atoms with Gasteiger partial charge in [0.15, 0.2) is 5.82 Å². The average Bonchev–Trinajstić information content (AvgIpc) is 3.08. The molecule has 0 atom stereocenters. The summed E-state index contributed by atoms with van der Waals surface area (Å²) in [5.74, 6) is 1.02. The number of nitrogens with one attached hydrogen (secondary N) is 1. The van der Waals surface area contributed by atoms with Gasteiger partial charge in [0.1, 0.15) is 11.4 Å². The molecule has 1 amide bonds. The number of aliphatic imine (C=N–C) groups is 1. The zero-order valence-corrected chi connectivity index (χ0v) is 24.1. The first-order chi connectivity index (χ1) is 21.2. The fraction of sp³-hybridized carbons (Fsp3) is 0.139. The van der Waals surface area contributed by atoms with Gasteiger partial charge in [-0.1, -0.05) is 91.0 Å². The molecule has 1 saturated heterocycles. The zero-order chi connectivity index (χ0) is 29.4. The van der Waals surface area contributed by atoms with Crippen LogP contribution in [0.2, 0.25) is 0 Å². The van der Waals surface area contributed by atoms with Gasteiger partial charge in [-0.05, 0) is 30.3 Å². The fourth-order valence-electron chi connectivity index (χ4n) is 5.23. The number of amides is 1. The number of carbonyl (C=O) groups is 1. The van der Waals surface area contributed by atoms with Crippen molar-refractivity contribution >= 4 is 34.5 Å². The number of benzene rings is 4. The number of ether oxygens (including phenoxy) is 1. The second-order valence-corrected chi connectivity index (χ2v) is 10.2. The molecule has 1 N–H and O–H groups in total. The molecule has 214 valence electrons. The molecule has 1 fully saturated rings. The van der Waals surface area contributed by atoms with Crippen molar-refractivity contribution in [3.05, 3.63) is 144 Å². The molecule has 0 aliphatic carbocycles. The Morgan fingerprint density at radius 3 is 1.95 bits per heavy atom. The van der Waals surface area contributed by atoms with Gasteiger partial charge in [-0.15, -0.1) is 0 Å². The molecule has 7 nitrogen and oxygen atoms in total. The van der Waals surface area contributed by atoms with Gasteiger partial charge in [0.25, 0.3) is 5.91 Å². The highest BCUT2D eigenvalue weighted by molar-refractivity contribution is 6.14. The molecule has 7 heteroatoms. The number of anilines is 3. The summed E-state index contributed by atoms with van der Waals surface area (Å²) in [5, 5.41) is 3.43. The van der Waals surface area contributed by atoms with Crippen LogP contribution in [0.5, 0.6) is 5.75 Å². The summed E-state index contributed by atoms with van der Waals surface area (Å²) in [5.41, 5.74) is 5.69. The Hall–Kier alpha value is -5.43. The van der Waals surface area contributed by atoms with Gasteiger partial charge in [0.05, 0.1) is 18.5 Å². The monoisotopic (exact) mass is 567 g/mol. The molecule has 43 heavy (non-hydrogen) atoms. The predicted octanol–water partition coefficient (Wildman–Crippen LogP) is 6.97. The predicted molar refractivity (Wildman–Crippen MR) is 173 cm³/mol. The van der Waals surface area contributed by atoms with Crippen molar-refractivity contribution in [3.8, 4) is 5.75 Å². The first-order valence-electron chi connectivity index (χ1n) is 14.4. The lowest BCUT2D eigenvalue weighted by Gasteiger charge is -2.36. The number of carbonyl (C=O) groups excluding carboxylic acids is 1. The van der Waals surface area contributed by atoms with Crippen LogP contribution in [0, 0.1) is 0 Å². The van der Waals surface area contributed by atoms with E-state index in [1.807, 2.05) is 114 Å². The molecule has 5 aromatic rings. The second-order valence-electron chi connectivity index (χ2n) is 10.2. The van der Waals surface area contributed by atoms with Crippen molar-refractivity contribution in [2.75, 3.05) is 43.5 Å². The summed E-state index contributed by atoms with van der Waals surface area (Å²) in [4.78, 5) is 27.9. The molecule has 6 rings (SSSR count). The number of para-hydroxylation sites is 3. The molecule has 0 radical (unpaired) electrons. The van der Waals surface area contributed by atoms with Crippen LogP contribution in [0.1, 0.15) is 21.6 Å². The molecule has 0 bridgehead atoms. The van der Waals surface area contributed by atoms with Crippen LogP contribution in [-0.4, -0.2) is 54.8 Å². The quantitative estimate of drug-likeness (QED) is 0.205. The second kappa shape index (κ2) is 13.0. The van der Waals surface area contributed by atoms with Crippen molar-refractivity contribution in [3.63, 3.8) is 0 Å². The van der Waals surface area contributed by atoms with Crippen LogP contribution in [0.3, 0.4) is 0 Å². The van der Waals surface area contributed by atoms with Crippen molar-refractivity contribution in [1.82, 2.24) is 9.88 Å². The Labute approximate surface area is 252 Å². The number of nitrogens with zero attached hydrogens (tertiary/aromatic N) is 4. The van der Waals surface area contributed by atoms with Gasteiger partial charge < -0.3 is 19.9 Å². The normalized spacial score (nSPS) is 12.9. The number of hydrogen-bond acceptors (Lipinski definition) is 6. The third-order valence-electron chi connectivity index (χ3n) is 7.43. The average molecular weight is 568 g/mol. The Morgan fingerprint density at radius 1 is 0.744 bits per heavy atom. The zero-order valence-electron chi connectivity index (χ0n) is 24.1. The smallest absolute Gasteiger partial charge is 0.272 e. The van der Waals surface area contributed by atoms with Gasteiger partial charge in [0, 0.05) is 54.7 Å². The van der Waals surface area contributed by atoms with E-state index in [1.54, 1.807) is 13.2 Å². The van der Waals surface area contributed by atoms with Gasteiger partial charge in [-0.25, -0.2) is 9.98 Å². The van der Waals surface area contributed by atoms with E-state index in [4.69, 9.17) is 14.7 Å². The van der Waals surface area contributed by atoms with Crippen LogP contribution in [0.25, 0.3) is 0 Å². The molecule has 2 heterocycles. The van der Waals surface area contributed by atoms with Gasteiger partial charge in [-0.2, -0.15) is 0 Å². The number of piperazine rings is 1. The molecule has 1 aromatic heterocycles. The Kier molecular flexibility index (Phi) is 8.41. The number of hydrogen-bond donors (Lipinski definition) is 1. The van der Waals surface area contributed by atoms with E-state index in [2.05, 4.69) is 22.3 Å². The van der Waals surface area contributed by atoms with Crippen LogP contribution < -0.4 is 15.0 Å².